The molecule has 0 aromatic carbocycles. The van der Waals surface area contributed by atoms with Crippen LogP contribution in [0.3, 0.4) is 0 Å². The molecule has 0 radical (unpaired) electrons. The van der Waals surface area contributed by atoms with Gasteiger partial charge in [-0.1, -0.05) is 0 Å². The van der Waals surface area contributed by atoms with Gasteiger partial charge >= 0.3 is 0 Å². The minimum absolute atomic E-state index is 0.129. The summed E-state index contributed by atoms with van der Waals surface area (Å²) in [5.74, 6) is 0. The lowest BCUT2D eigenvalue weighted by molar-refractivity contribution is -0.0724. The molecule has 0 aliphatic rings. The van der Waals surface area contributed by atoms with Crippen LogP contribution in [-0.4, -0.2) is 44.6 Å². The summed E-state index contributed by atoms with van der Waals surface area (Å²) in [6.45, 7) is 11.3. The molecule has 0 atom stereocenters. The van der Waals surface area contributed by atoms with Gasteiger partial charge in [0.15, 0.2) is 0 Å². The van der Waals surface area contributed by atoms with Crippen molar-refractivity contribution < 1.29 is 9.47 Å². The molecule has 0 aliphatic carbocycles. The van der Waals surface area contributed by atoms with E-state index in [2.05, 4.69) is 33.0 Å². The molecule has 0 spiro atoms. The number of hydrogen-bond acceptors (Lipinski definition) is 4. The fraction of sp³-hybridized carbons (Fsp3) is 1.00. The maximum Gasteiger partial charge on any atom is 0.0649 e. The van der Waals surface area contributed by atoms with Gasteiger partial charge in [0.2, 0.25) is 0 Å². The summed E-state index contributed by atoms with van der Waals surface area (Å²) in [7, 11) is 1.93. The van der Waals surface area contributed by atoms with Crippen LogP contribution in [0.4, 0.5) is 0 Å². The molecule has 3 N–H and O–H groups in total. The molecular formula is C13H30N2O2. The second kappa shape index (κ2) is 8.03. The number of likely N-dealkylation sites (N-methyl/N-ethyl adjacent to an activating group) is 1. The first-order valence-electron chi connectivity index (χ1n) is 6.45. The van der Waals surface area contributed by atoms with Crippen molar-refractivity contribution in [2.75, 3.05) is 33.4 Å². The summed E-state index contributed by atoms with van der Waals surface area (Å²) < 4.78 is 11.6. The van der Waals surface area contributed by atoms with Crippen LogP contribution in [0.5, 0.6) is 0 Å². The van der Waals surface area contributed by atoms with E-state index in [9.17, 15) is 0 Å². The predicted octanol–water partition coefficient (Wildman–Crippen LogP) is 1.54. The Morgan fingerprint density at radius 3 is 2.00 bits per heavy atom. The van der Waals surface area contributed by atoms with E-state index in [1.54, 1.807) is 0 Å². The molecule has 0 aliphatic heterocycles. The van der Waals surface area contributed by atoms with Crippen molar-refractivity contribution in [2.45, 2.75) is 51.7 Å². The summed E-state index contributed by atoms with van der Waals surface area (Å²) in [4.78, 5) is 0. The average Bonchev–Trinajstić information content (AvgIpc) is 2.16. The van der Waals surface area contributed by atoms with E-state index in [0.717, 1.165) is 26.0 Å². The second-order valence-corrected chi connectivity index (χ2v) is 5.61. The molecule has 4 nitrogen and oxygen atoms in total. The van der Waals surface area contributed by atoms with Crippen LogP contribution in [0.15, 0.2) is 0 Å². The van der Waals surface area contributed by atoms with Gasteiger partial charge in [-0.15, -0.1) is 0 Å². The number of ether oxygens (including phenoxy) is 2. The highest BCUT2D eigenvalue weighted by Crippen LogP contribution is 2.18. The standard InChI is InChI=1S/C13H30N2O2/c1-12(2,6-8-14)16-10-7-13(3,4)17-11-9-15-5/h15H,6-11,14H2,1-5H3. The van der Waals surface area contributed by atoms with E-state index in [1.165, 1.54) is 0 Å². The fourth-order valence-corrected chi connectivity index (χ4v) is 1.49. The van der Waals surface area contributed by atoms with Crippen LogP contribution in [-0.2, 0) is 9.47 Å². The Morgan fingerprint density at radius 1 is 0.941 bits per heavy atom. The van der Waals surface area contributed by atoms with E-state index in [4.69, 9.17) is 15.2 Å². The Hall–Kier alpha value is -0.160. The average molecular weight is 246 g/mol. The van der Waals surface area contributed by atoms with Crippen LogP contribution in [0, 0.1) is 0 Å². The first kappa shape index (κ1) is 16.8. The molecule has 0 saturated heterocycles. The van der Waals surface area contributed by atoms with Crippen LogP contribution in [0.1, 0.15) is 40.5 Å². The smallest absolute Gasteiger partial charge is 0.0649 e. The Kier molecular flexibility index (Phi) is 7.96. The fourth-order valence-electron chi connectivity index (χ4n) is 1.49. The van der Waals surface area contributed by atoms with Crippen molar-refractivity contribution in [2.24, 2.45) is 5.73 Å². The van der Waals surface area contributed by atoms with Crippen LogP contribution >= 0.6 is 0 Å². The molecule has 104 valence electrons. The second-order valence-electron chi connectivity index (χ2n) is 5.61. The zero-order valence-electron chi connectivity index (χ0n) is 12.1. The van der Waals surface area contributed by atoms with Gasteiger partial charge in [-0.05, 0) is 54.1 Å². The number of nitrogens with one attached hydrogen (secondary N) is 1. The molecule has 0 heterocycles. The molecule has 0 fully saturated rings. The highest BCUT2D eigenvalue weighted by molar-refractivity contribution is 4.72. The molecule has 0 amide bonds. The number of nitrogens with two attached hydrogens (primary N) is 1. The molecule has 4 heteroatoms. The topological polar surface area (TPSA) is 56.5 Å². The van der Waals surface area contributed by atoms with Gasteiger partial charge in [0.25, 0.3) is 0 Å². The van der Waals surface area contributed by atoms with Gasteiger partial charge in [-0.25, -0.2) is 0 Å². The van der Waals surface area contributed by atoms with Gasteiger partial charge in [0, 0.05) is 6.54 Å². The summed E-state index contributed by atoms with van der Waals surface area (Å²) in [5.41, 5.74) is 5.28. The minimum Gasteiger partial charge on any atom is -0.375 e. The minimum atomic E-state index is -0.129. The third-order valence-electron chi connectivity index (χ3n) is 2.79. The van der Waals surface area contributed by atoms with Crippen molar-refractivity contribution in [3.05, 3.63) is 0 Å². The Balaban J connectivity index is 3.77. The normalized spacial score (nSPS) is 13.1. The van der Waals surface area contributed by atoms with Gasteiger partial charge in [0.1, 0.15) is 0 Å². The van der Waals surface area contributed by atoms with Gasteiger partial charge in [-0.3, -0.25) is 0 Å². The van der Waals surface area contributed by atoms with Crippen LogP contribution < -0.4 is 11.1 Å². The summed E-state index contributed by atoms with van der Waals surface area (Å²) in [6, 6.07) is 0. The first-order chi connectivity index (χ1) is 7.83. The lowest BCUT2D eigenvalue weighted by atomic mass is 10.0. The van der Waals surface area contributed by atoms with E-state index in [1.807, 2.05) is 7.05 Å². The third-order valence-corrected chi connectivity index (χ3v) is 2.79. The number of rotatable bonds is 10. The van der Waals surface area contributed by atoms with Crippen molar-refractivity contribution in [1.29, 1.82) is 0 Å². The Morgan fingerprint density at radius 2 is 1.47 bits per heavy atom. The van der Waals surface area contributed by atoms with Crippen molar-refractivity contribution in [1.82, 2.24) is 5.32 Å². The lowest BCUT2D eigenvalue weighted by Gasteiger charge is -2.29. The SMILES string of the molecule is CNCCOC(C)(C)CCOC(C)(C)CCN. The first-order valence-corrected chi connectivity index (χ1v) is 6.45. The zero-order valence-corrected chi connectivity index (χ0v) is 12.1. The maximum absolute atomic E-state index is 5.84. The van der Waals surface area contributed by atoms with E-state index < -0.39 is 0 Å². The summed E-state index contributed by atoms with van der Waals surface area (Å²) >= 11 is 0. The summed E-state index contributed by atoms with van der Waals surface area (Å²) in [5, 5.41) is 3.07. The molecule has 0 rings (SSSR count). The summed E-state index contributed by atoms with van der Waals surface area (Å²) in [6.07, 6.45) is 1.78. The van der Waals surface area contributed by atoms with Gasteiger partial charge in [0.05, 0.1) is 24.4 Å². The quantitative estimate of drug-likeness (QED) is 0.574. The largest absolute Gasteiger partial charge is 0.375 e. The molecule has 0 bridgehead atoms. The van der Waals surface area contributed by atoms with Crippen LogP contribution in [0.25, 0.3) is 0 Å². The maximum atomic E-state index is 5.84. The Bertz CT molecular complexity index is 194. The highest BCUT2D eigenvalue weighted by Gasteiger charge is 2.21. The van der Waals surface area contributed by atoms with Crippen molar-refractivity contribution >= 4 is 0 Å². The molecule has 0 saturated carbocycles. The van der Waals surface area contributed by atoms with E-state index in [0.29, 0.717) is 13.2 Å². The lowest BCUT2D eigenvalue weighted by Crippen LogP contribution is -2.33. The monoisotopic (exact) mass is 246 g/mol. The molecule has 17 heavy (non-hydrogen) atoms. The molecule has 0 aromatic heterocycles. The van der Waals surface area contributed by atoms with Gasteiger partial charge in [-0.2, -0.15) is 0 Å². The Labute approximate surface area is 106 Å². The number of hydrogen-bond donors (Lipinski definition) is 2. The third kappa shape index (κ3) is 9.53. The molecular weight excluding hydrogens is 216 g/mol. The molecule has 0 aromatic rings. The van der Waals surface area contributed by atoms with E-state index >= 15 is 0 Å². The predicted molar refractivity (Wildman–Crippen MR) is 72.3 cm³/mol. The highest BCUT2D eigenvalue weighted by atomic mass is 16.5. The zero-order chi connectivity index (χ0) is 13.4. The molecule has 0 unspecified atom stereocenters. The van der Waals surface area contributed by atoms with Crippen molar-refractivity contribution in [3.8, 4) is 0 Å². The van der Waals surface area contributed by atoms with E-state index in [-0.39, 0.29) is 11.2 Å². The van der Waals surface area contributed by atoms with Crippen molar-refractivity contribution in [3.63, 3.8) is 0 Å². The van der Waals surface area contributed by atoms with Gasteiger partial charge < -0.3 is 20.5 Å². The van der Waals surface area contributed by atoms with Crippen LogP contribution in [0.2, 0.25) is 0 Å².